The Hall–Kier alpha value is -1.70. The van der Waals surface area contributed by atoms with Crippen LogP contribution in [-0.2, 0) is 9.53 Å². The van der Waals surface area contributed by atoms with Crippen molar-refractivity contribution in [1.29, 1.82) is 0 Å². The summed E-state index contributed by atoms with van der Waals surface area (Å²) >= 11 is 3.21. The number of rotatable bonds is 5. The van der Waals surface area contributed by atoms with Crippen molar-refractivity contribution in [2.24, 2.45) is 5.10 Å². The van der Waals surface area contributed by atoms with Crippen LogP contribution in [0.4, 0.5) is 0 Å². The molecule has 22 heavy (non-hydrogen) atoms. The Morgan fingerprint density at radius 3 is 2.50 bits per heavy atom. The lowest BCUT2D eigenvalue weighted by Gasteiger charge is -2.16. The van der Waals surface area contributed by atoms with Crippen molar-refractivity contribution in [3.05, 3.63) is 31.0 Å². The highest BCUT2D eigenvalue weighted by Gasteiger charge is 2.18. The molecule has 0 saturated carbocycles. The smallest absolute Gasteiger partial charge is 0.352 e. The molecule has 0 saturated heterocycles. The zero-order valence-corrected chi connectivity index (χ0v) is 14.9. The molecule has 0 unspecified atom stereocenters. The average Bonchev–Trinajstić information content (AvgIpc) is 2.49. The number of halogens is 1. The number of aromatic nitrogens is 2. The Kier molecular flexibility index (Phi) is 6.28. The summed E-state index contributed by atoms with van der Waals surface area (Å²) in [6, 6.07) is -0.251. The summed E-state index contributed by atoms with van der Waals surface area (Å²) in [6.07, 6.45) is 0.609. The number of hydrogen-bond acceptors (Lipinski definition) is 5. The first-order valence-electron chi connectivity index (χ1n) is 6.89. The molecule has 1 rings (SSSR count). The predicted molar refractivity (Wildman–Crippen MR) is 87.5 cm³/mol. The van der Waals surface area contributed by atoms with Crippen LogP contribution in [0.2, 0.25) is 0 Å². The van der Waals surface area contributed by atoms with Gasteiger partial charge in [-0.05, 0) is 43.1 Å². The maximum Gasteiger partial charge on any atom is 0.352 e. The monoisotopic (exact) mass is 373 g/mol. The van der Waals surface area contributed by atoms with E-state index in [-0.39, 0.29) is 22.5 Å². The van der Waals surface area contributed by atoms with Crippen molar-refractivity contribution in [1.82, 2.24) is 9.24 Å². The zero-order chi connectivity index (χ0) is 17.0. The highest BCUT2D eigenvalue weighted by molar-refractivity contribution is 9.10. The summed E-state index contributed by atoms with van der Waals surface area (Å²) in [5.41, 5.74) is -0.102. The largest absolute Gasteiger partial charge is 0.469 e. The lowest BCUT2D eigenvalue weighted by Crippen LogP contribution is -2.42. The van der Waals surface area contributed by atoms with E-state index in [1.807, 2.05) is 6.92 Å². The Labute approximate surface area is 136 Å². The Balaban J connectivity index is 3.53. The molecule has 0 aliphatic carbocycles. The number of hydrogen-bond donors (Lipinski definition) is 0. The molecule has 1 aromatic heterocycles. The first kappa shape index (κ1) is 18.3. The van der Waals surface area contributed by atoms with Crippen LogP contribution in [0.15, 0.2) is 19.2 Å². The second-order valence-electron chi connectivity index (χ2n) is 5.01. The third-order valence-corrected chi connectivity index (χ3v) is 4.27. The van der Waals surface area contributed by atoms with Gasteiger partial charge in [-0.2, -0.15) is 9.78 Å². The second kappa shape index (κ2) is 7.53. The molecule has 122 valence electrons. The van der Waals surface area contributed by atoms with Crippen LogP contribution < -0.4 is 11.2 Å². The molecule has 0 fully saturated rings. The topological polar surface area (TPSA) is 82.7 Å². The summed E-state index contributed by atoms with van der Waals surface area (Å²) in [5, 5.41) is 4.16. The first-order chi connectivity index (χ1) is 10.2. The van der Waals surface area contributed by atoms with Gasteiger partial charge in [0.25, 0.3) is 5.56 Å². The minimum absolute atomic E-state index is 0.0253. The molecule has 0 radical (unpaired) electrons. The van der Waals surface area contributed by atoms with Crippen molar-refractivity contribution < 1.29 is 9.53 Å². The molecule has 1 heterocycles. The van der Waals surface area contributed by atoms with Gasteiger partial charge < -0.3 is 4.74 Å². The van der Waals surface area contributed by atoms with Gasteiger partial charge in [0, 0.05) is 11.8 Å². The second-order valence-corrected chi connectivity index (χ2v) is 5.81. The molecule has 0 N–H and O–H groups in total. The van der Waals surface area contributed by atoms with Crippen molar-refractivity contribution >= 4 is 27.6 Å². The lowest BCUT2D eigenvalue weighted by atomic mass is 10.2. The van der Waals surface area contributed by atoms with Gasteiger partial charge in [0.05, 0.1) is 19.2 Å². The number of carbonyl (C=O) groups is 1. The molecule has 8 heteroatoms. The third kappa shape index (κ3) is 3.73. The van der Waals surface area contributed by atoms with Crippen LogP contribution in [0.25, 0.3) is 0 Å². The van der Waals surface area contributed by atoms with Gasteiger partial charge in [-0.3, -0.25) is 14.2 Å². The summed E-state index contributed by atoms with van der Waals surface area (Å²) in [4.78, 5) is 36.1. The number of methoxy groups -OCH3 is 1. The fraction of sp³-hybridized carbons (Fsp3) is 0.571. The minimum Gasteiger partial charge on any atom is -0.469 e. The third-order valence-electron chi connectivity index (χ3n) is 3.36. The van der Waals surface area contributed by atoms with Crippen molar-refractivity contribution in [2.75, 3.05) is 7.11 Å². The van der Waals surface area contributed by atoms with E-state index < -0.39 is 11.7 Å². The molecule has 0 spiro atoms. The Morgan fingerprint density at radius 2 is 2.00 bits per heavy atom. The number of esters is 1. The lowest BCUT2D eigenvalue weighted by molar-refractivity contribution is -0.139. The molecular weight excluding hydrogens is 354 g/mol. The van der Waals surface area contributed by atoms with Gasteiger partial charge in [-0.25, -0.2) is 4.79 Å². The fourth-order valence-electron chi connectivity index (χ4n) is 1.86. The van der Waals surface area contributed by atoms with E-state index in [0.717, 1.165) is 9.24 Å². The van der Waals surface area contributed by atoms with Crippen LogP contribution in [0.1, 0.15) is 45.3 Å². The van der Waals surface area contributed by atoms with Gasteiger partial charge in [0.1, 0.15) is 4.47 Å². The van der Waals surface area contributed by atoms with Crippen LogP contribution in [0, 0.1) is 6.92 Å². The van der Waals surface area contributed by atoms with Crippen LogP contribution >= 0.6 is 15.9 Å². The molecule has 0 amide bonds. The summed E-state index contributed by atoms with van der Waals surface area (Å²) in [7, 11) is 1.28. The molecule has 0 aliphatic rings. The summed E-state index contributed by atoms with van der Waals surface area (Å²) in [5.74, 6) is -0.443. The molecule has 0 aromatic carbocycles. The highest BCUT2D eigenvalue weighted by Crippen LogP contribution is 2.12. The maximum atomic E-state index is 12.5. The maximum absolute atomic E-state index is 12.5. The first-order valence-corrected chi connectivity index (χ1v) is 7.68. The van der Waals surface area contributed by atoms with Crippen molar-refractivity contribution in [3.8, 4) is 0 Å². The van der Waals surface area contributed by atoms with Gasteiger partial charge in [-0.1, -0.05) is 6.92 Å². The van der Waals surface area contributed by atoms with Gasteiger partial charge in [-0.15, -0.1) is 0 Å². The van der Waals surface area contributed by atoms with Gasteiger partial charge >= 0.3 is 11.7 Å². The van der Waals surface area contributed by atoms with Crippen LogP contribution in [0.5, 0.6) is 0 Å². The van der Waals surface area contributed by atoms with Crippen molar-refractivity contribution in [3.63, 3.8) is 0 Å². The molecule has 0 aliphatic heterocycles. The SMILES string of the molecule is CC[C@H](C)n1c(=O)c(Br)c(C)n(/N=C(/C)CC(=O)OC)c1=O. The van der Waals surface area contributed by atoms with E-state index >= 15 is 0 Å². The van der Waals surface area contributed by atoms with E-state index in [9.17, 15) is 14.4 Å². The van der Waals surface area contributed by atoms with Crippen molar-refractivity contribution in [2.45, 2.75) is 46.6 Å². The molecular formula is C14H20BrN3O4. The van der Waals surface area contributed by atoms with Crippen LogP contribution in [-0.4, -0.2) is 28.0 Å². The normalized spacial score (nSPS) is 13.1. The van der Waals surface area contributed by atoms with E-state index in [0.29, 0.717) is 17.8 Å². The fourth-order valence-corrected chi connectivity index (χ4v) is 2.22. The number of nitrogens with zero attached hydrogens (tertiary/aromatic N) is 3. The molecule has 7 nitrogen and oxygen atoms in total. The minimum atomic E-state index is -0.524. The highest BCUT2D eigenvalue weighted by atomic mass is 79.9. The van der Waals surface area contributed by atoms with Crippen LogP contribution in [0.3, 0.4) is 0 Å². The van der Waals surface area contributed by atoms with Gasteiger partial charge in [0.15, 0.2) is 0 Å². The van der Waals surface area contributed by atoms with E-state index in [1.165, 1.54) is 7.11 Å². The predicted octanol–water partition coefficient (Wildman–Crippen LogP) is 1.84. The number of carbonyl (C=O) groups excluding carboxylic acids is 1. The number of ether oxygens (including phenoxy) is 1. The van der Waals surface area contributed by atoms with E-state index in [1.54, 1.807) is 20.8 Å². The summed E-state index contributed by atoms with van der Waals surface area (Å²) < 4.78 is 7.14. The standard InChI is InChI=1S/C14H20BrN3O4/c1-6-9(3)17-13(20)12(15)10(4)18(14(17)21)16-8(2)7-11(19)22-5/h9H,6-7H2,1-5H3/b16-8-/t9-/m0/s1. The zero-order valence-electron chi connectivity index (χ0n) is 13.3. The molecule has 1 aromatic rings. The van der Waals surface area contributed by atoms with Gasteiger partial charge in [0.2, 0.25) is 0 Å². The quantitative estimate of drug-likeness (QED) is 0.582. The average molecular weight is 374 g/mol. The Bertz CT molecular complexity index is 718. The van der Waals surface area contributed by atoms with E-state index in [4.69, 9.17) is 0 Å². The summed E-state index contributed by atoms with van der Waals surface area (Å²) in [6.45, 7) is 6.92. The molecule has 0 bridgehead atoms. The Morgan fingerprint density at radius 1 is 1.41 bits per heavy atom. The van der Waals surface area contributed by atoms with E-state index in [2.05, 4.69) is 25.8 Å². The molecule has 1 atom stereocenters.